The zero-order valence-corrected chi connectivity index (χ0v) is 45.4. The molecule has 0 radical (unpaired) electrons. The fraction of sp³-hybridized carbons (Fsp3) is 0.0385. The van der Waals surface area contributed by atoms with Crippen LogP contribution in [0.3, 0.4) is 0 Å². The topological polar surface area (TPSA) is 385 Å². The van der Waals surface area contributed by atoms with Gasteiger partial charge in [-0.05, 0) is 35.9 Å². The Bertz CT molecular complexity index is 2650. The van der Waals surface area contributed by atoms with Gasteiger partial charge in [-0.3, -0.25) is 21.1 Å². The monoisotopic (exact) mass is 1270 g/mol. The quantitative estimate of drug-likeness (QED) is 0.0896. The molecule has 0 atom stereocenters. The summed E-state index contributed by atoms with van der Waals surface area (Å²) in [6.45, 7) is 2.86. The molecule has 0 saturated heterocycles. The van der Waals surface area contributed by atoms with Crippen molar-refractivity contribution in [1.82, 2.24) is 19.9 Å². The second-order valence-electron chi connectivity index (χ2n) is 13.7. The summed E-state index contributed by atoms with van der Waals surface area (Å²) in [4.78, 5) is 17.0. The number of halogens is 2. The van der Waals surface area contributed by atoms with Crippen molar-refractivity contribution in [2.75, 3.05) is 10.9 Å². The number of hydrogen-bond donors (Lipinski definition) is 2. The standard InChI is InChI=1S/2C24H19N6.2C2H3N.2ClHO4.2Pd/c2*1-3-11-19(12-4-1)23(29-27-21-15-7-9-17-25-21)24(20-13-5-2-6-14-20)30-28-22-16-8-10-18-26-22;2*1-2-3;2*2-1(3,4)5;;/h2*1-18H,(H-,25,26,27,28);2*1H3;2*(H,2,3,4,5);;/q2*-1;;;;;2*+2/p-2/b2*29-23-,30-24+;;;;;;. The van der Waals surface area contributed by atoms with Crippen LogP contribution >= 0.6 is 0 Å². The summed E-state index contributed by atoms with van der Waals surface area (Å²) < 4.78 is 67.9. The Morgan fingerprint density at radius 2 is 0.615 bits per heavy atom. The van der Waals surface area contributed by atoms with Crippen molar-refractivity contribution >= 4 is 46.1 Å². The summed E-state index contributed by atoms with van der Waals surface area (Å²) in [6.07, 6.45) is 6.79. The fourth-order valence-electron chi connectivity index (χ4n) is 5.49. The molecule has 2 N–H and O–H groups in total. The van der Waals surface area contributed by atoms with Crippen LogP contribution < -0.4 is 48.1 Å². The van der Waals surface area contributed by atoms with E-state index in [1.165, 1.54) is 13.8 Å². The van der Waals surface area contributed by atoms with Crippen LogP contribution in [0.1, 0.15) is 36.1 Å². The van der Waals surface area contributed by atoms with Gasteiger partial charge in [0, 0.05) is 48.5 Å². The molecule has 404 valence electrons. The zero-order valence-electron chi connectivity index (χ0n) is 40.8. The minimum Gasteiger partial charge on any atom is -0.442 e. The molecule has 22 nitrogen and oxygen atoms in total. The molecular formula is C52H44Cl2N14O8Pd2. The van der Waals surface area contributed by atoms with E-state index in [1.54, 1.807) is 49.1 Å². The molecule has 78 heavy (non-hydrogen) atoms. The molecule has 0 amide bonds. The molecule has 0 aliphatic carbocycles. The number of nitriles is 2. The van der Waals surface area contributed by atoms with E-state index in [0.29, 0.717) is 46.1 Å². The van der Waals surface area contributed by atoms with E-state index >= 15 is 0 Å². The largest absolute Gasteiger partial charge is 2.00 e. The van der Waals surface area contributed by atoms with Crippen LogP contribution in [0.25, 0.3) is 10.9 Å². The average molecular weight is 1280 g/mol. The van der Waals surface area contributed by atoms with Crippen molar-refractivity contribution < 1.29 is 98.6 Å². The van der Waals surface area contributed by atoms with E-state index in [9.17, 15) is 0 Å². The average Bonchev–Trinajstić information content (AvgIpc) is 3.42. The van der Waals surface area contributed by atoms with Crippen molar-refractivity contribution in [2.24, 2.45) is 20.4 Å². The second kappa shape index (κ2) is 39.3. The second-order valence-corrected chi connectivity index (χ2v) is 15.2. The molecule has 26 heteroatoms. The van der Waals surface area contributed by atoms with E-state index in [4.69, 9.17) is 47.8 Å². The molecule has 0 saturated carbocycles. The van der Waals surface area contributed by atoms with E-state index in [1.807, 2.05) is 182 Å². The summed E-state index contributed by atoms with van der Waals surface area (Å²) in [6, 6.07) is 65.1. The molecule has 0 fully saturated rings. The minimum atomic E-state index is -4.94. The molecule has 8 rings (SSSR count). The van der Waals surface area contributed by atoms with Crippen molar-refractivity contribution in [2.45, 2.75) is 13.8 Å². The number of nitrogens with one attached hydrogen (secondary N) is 2. The predicted octanol–water partition coefficient (Wildman–Crippen LogP) is 2.35. The molecule has 0 aliphatic rings. The van der Waals surface area contributed by atoms with Crippen molar-refractivity contribution in [1.29, 1.82) is 10.5 Å². The van der Waals surface area contributed by atoms with Gasteiger partial charge in [-0.15, -0.1) is 20.5 Å². The van der Waals surface area contributed by atoms with Crippen LogP contribution in [0.15, 0.2) is 239 Å². The Morgan fingerprint density at radius 1 is 0.385 bits per heavy atom. The summed E-state index contributed by atoms with van der Waals surface area (Å²) in [7, 11) is -9.89. The van der Waals surface area contributed by atoms with E-state index in [-0.39, 0.29) is 40.8 Å². The Kier molecular flexibility index (Phi) is 34.3. The molecule has 0 spiro atoms. The maximum Gasteiger partial charge on any atom is 2.00 e. The normalized spacial score (nSPS) is 10.8. The van der Waals surface area contributed by atoms with Gasteiger partial charge in [0.1, 0.15) is 23.1 Å². The number of pyridine rings is 4. The zero-order chi connectivity index (χ0) is 55.3. The fourth-order valence-corrected chi connectivity index (χ4v) is 5.49. The molecule has 4 aromatic carbocycles. The van der Waals surface area contributed by atoms with Crippen LogP contribution in [0, 0.1) is 43.1 Å². The summed E-state index contributed by atoms with van der Waals surface area (Å²) in [5.74, 6) is 2.33. The number of hydrogen-bond acceptors (Lipinski definition) is 20. The summed E-state index contributed by atoms with van der Waals surface area (Å²) in [5, 5.41) is 33.0. The summed E-state index contributed by atoms with van der Waals surface area (Å²) >= 11 is 0. The van der Waals surface area contributed by atoms with Crippen LogP contribution in [0.2, 0.25) is 0 Å². The Balaban J connectivity index is 0.000000600. The van der Waals surface area contributed by atoms with Crippen LogP contribution in [0.4, 0.5) is 23.3 Å². The van der Waals surface area contributed by atoms with Crippen molar-refractivity contribution in [3.63, 3.8) is 0 Å². The van der Waals surface area contributed by atoms with Gasteiger partial charge >= 0.3 is 40.8 Å². The minimum absolute atomic E-state index is 0. The Morgan fingerprint density at radius 3 is 0.846 bits per heavy atom. The van der Waals surface area contributed by atoms with Crippen molar-refractivity contribution in [3.05, 3.63) is 252 Å². The molecule has 4 heterocycles. The van der Waals surface area contributed by atoms with E-state index in [0.717, 1.165) is 22.3 Å². The molecular weight excluding hydrogens is 1230 g/mol. The van der Waals surface area contributed by atoms with Crippen molar-refractivity contribution in [3.8, 4) is 12.1 Å². The number of rotatable bonds is 14. The first-order valence-corrected chi connectivity index (χ1v) is 24.1. The number of aromatic nitrogens is 4. The van der Waals surface area contributed by atoms with Gasteiger partial charge in [-0.1, -0.05) is 182 Å². The Hall–Kier alpha value is -8.08. The SMILES string of the molecule is CC#N.CC#N.[O-][Cl+3]([O-])([O-])[O-].[O-][Cl+3]([O-])([O-])[O-].[Pd+2].[Pd+2].c1ccc(C(=N/[N-]c2ccccn2)/C(=N/Nc2ccccn2)c2ccccc2)cc1.c1ccc(C(=N/[N-]c2ccccn2)/C(=N/Nc2ccccn2)c2ccccc2)cc1. The van der Waals surface area contributed by atoms with Gasteiger partial charge in [0.2, 0.25) is 0 Å². The third-order valence-corrected chi connectivity index (χ3v) is 8.34. The van der Waals surface area contributed by atoms with Gasteiger partial charge in [0.05, 0.1) is 23.6 Å². The van der Waals surface area contributed by atoms with Gasteiger partial charge in [0.25, 0.3) is 0 Å². The van der Waals surface area contributed by atoms with Gasteiger partial charge in [-0.25, -0.2) is 47.2 Å². The molecule has 8 aromatic rings. The third kappa shape index (κ3) is 30.5. The molecule has 0 bridgehead atoms. The maximum atomic E-state index is 8.49. The predicted molar refractivity (Wildman–Crippen MR) is 265 cm³/mol. The smallest absolute Gasteiger partial charge is 0.442 e. The first-order valence-electron chi connectivity index (χ1n) is 21.6. The maximum absolute atomic E-state index is 8.49. The van der Waals surface area contributed by atoms with Gasteiger partial charge in [0.15, 0.2) is 0 Å². The van der Waals surface area contributed by atoms with Crippen LogP contribution in [-0.2, 0) is 40.8 Å². The summed E-state index contributed by atoms with van der Waals surface area (Å²) in [5.41, 5.74) is 20.9. The third-order valence-electron chi connectivity index (χ3n) is 8.34. The van der Waals surface area contributed by atoms with Crippen LogP contribution in [0.5, 0.6) is 0 Å². The number of benzene rings is 4. The molecule has 0 unspecified atom stereocenters. The first-order chi connectivity index (χ1) is 36.6. The molecule has 4 aromatic heterocycles. The van der Waals surface area contributed by atoms with Gasteiger partial charge < -0.3 is 20.8 Å². The first kappa shape index (κ1) is 67.9. The van der Waals surface area contributed by atoms with E-state index in [2.05, 4.69) is 62.0 Å². The van der Waals surface area contributed by atoms with Crippen LogP contribution in [-0.4, -0.2) is 42.8 Å². The Labute approximate surface area is 481 Å². The molecule has 0 aliphatic heterocycles. The number of nitrogens with zero attached hydrogens (tertiary/aromatic N) is 12. The van der Waals surface area contributed by atoms with E-state index < -0.39 is 20.5 Å². The number of anilines is 2. The number of hydrazone groups is 2. The van der Waals surface area contributed by atoms with Gasteiger partial charge in [-0.2, -0.15) is 20.7 Å².